The first-order valence-electron chi connectivity index (χ1n) is 7.99. The van der Waals surface area contributed by atoms with Crippen LogP contribution in [0.1, 0.15) is 12.8 Å². The Balaban J connectivity index is 1.52. The predicted molar refractivity (Wildman–Crippen MR) is 90.6 cm³/mol. The lowest BCUT2D eigenvalue weighted by atomic mass is 10.2. The van der Waals surface area contributed by atoms with Gasteiger partial charge in [-0.05, 0) is 25.6 Å². The number of anilines is 1. The Morgan fingerprint density at radius 1 is 1.30 bits per heavy atom. The summed E-state index contributed by atoms with van der Waals surface area (Å²) in [5.41, 5.74) is 0.876. The van der Waals surface area contributed by atoms with Gasteiger partial charge >= 0.3 is 0 Å². The molecule has 7 heteroatoms. The molecule has 0 spiro atoms. The Hall–Kier alpha value is -1.60. The van der Waals surface area contributed by atoms with Crippen LogP contribution in [0.5, 0.6) is 0 Å². The molecule has 23 heavy (non-hydrogen) atoms. The smallest absolute Gasteiger partial charge is 0.237 e. The maximum atomic E-state index is 12.3. The third-order valence-corrected chi connectivity index (χ3v) is 5.28. The summed E-state index contributed by atoms with van der Waals surface area (Å²) < 4.78 is 0. The van der Waals surface area contributed by atoms with Gasteiger partial charge < -0.3 is 14.7 Å². The molecule has 2 aliphatic rings. The molecule has 0 radical (unpaired) electrons. The van der Waals surface area contributed by atoms with Gasteiger partial charge in [-0.25, -0.2) is 4.98 Å². The predicted octanol–water partition coefficient (Wildman–Crippen LogP) is 1.07. The zero-order valence-corrected chi connectivity index (χ0v) is 14.2. The van der Waals surface area contributed by atoms with E-state index in [0.717, 1.165) is 36.9 Å². The van der Waals surface area contributed by atoms with Crippen LogP contribution in [-0.4, -0.2) is 72.1 Å². The first-order valence-corrected chi connectivity index (χ1v) is 8.98. The van der Waals surface area contributed by atoms with Gasteiger partial charge in [0.05, 0.1) is 11.4 Å². The average molecular weight is 334 g/mol. The quantitative estimate of drug-likeness (QED) is 0.824. The van der Waals surface area contributed by atoms with E-state index in [1.54, 1.807) is 11.1 Å². The Labute approximate surface area is 140 Å². The molecule has 0 saturated carbocycles. The molecular weight excluding hydrogens is 312 g/mol. The van der Waals surface area contributed by atoms with Gasteiger partial charge in [-0.1, -0.05) is 11.8 Å². The topological polar surface area (TPSA) is 56.8 Å². The monoisotopic (exact) mass is 334 g/mol. The molecule has 0 aromatic carbocycles. The largest absolute Gasteiger partial charge is 0.340 e. The fourth-order valence-corrected chi connectivity index (χ4v) is 3.77. The number of likely N-dealkylation sites (N-methyl/N-ethyl adjacent to an activating group) is 1. The summed E-state index contributed by atoms with van der Waals surface area (Å²) in [7, 11) is 2.08. The molecule has 1 fully saturated rings. The maximum absolute atomic E-state index is 12.3. The number of amides is 2. The van der Waals surface area contributed by atoms with Crippen LogP contribution in [0, 0.1) is 0 Å². The van der Waals surface area contributed by atoms with Crippen molar-refractivity contribution in [1.82, 2.24) is 14.8 Å². The van der Waals surface area contributed by atoms with Crippen LogP contribution >= 0.6 is 11.8 Å². The van der Waals surface area contributed by atoms with Gasteiger partial charge in [-0.3, -0.25) is 9.59 Å². The van der Waals surface area contributed by atoms with Crippen LogP contribution in [0.15, 0.2) is 23.4 Å². The fraction of sp³-hybridized carbons (Fsp3) is 0.562. The molecule has 0 N–H and O–H groups in total. The number of carbonyl (C=O) groups is 2. The van der Waals surface area contributed by atoms with Gasteiger partial charge in [0.15, 0.2) is 0 Å². The van der Waals surface area contributed by atoms with Crippen LogP contribution < -0.4 is 4.90 Å². The third-order valence-electron chi connectivity index (χ3n) is 4.30. The van der Waals surface area contributed by atoms with Gasteiger partial charge in [0, 0.05) is 45.3 Å². The van der Waals surface area contributed by atoms with Crippen molar-refractivity contribution in [3.63, 3.8) is 0 Å². The van der Waals surface area contributed by atoms with Crippen LogP contribution in [0.25, 0.3) is 0 Å². The number of pyridine rings is 1. The second kappa shape index (κ2) is 7.31. The molecular formula is C16H22N4O2S. The zero-order chi connectivity index (χ0) is 16.2. The minimum atomic E-state index is 0.0996. The highest BCUT2D eigenvalue weighted by atomic mass is 32.2. The van der Waals surface area contributed by atoms with Crippen LogP contribution in [0.3, 0.4) is 0 Å². The van der Waals surface area contributed by atoms with Crippen LogP contribution in [-0.2, 0) is 9.59 Å². The standard InChI is InChI=1S/C16H22N4O2S/c1-18-8-10-19(11-9-18)14(21)5-3-7-20-13-4-2-6-17-16(13)23-12-15(20)22/h2,4,6H,3,5,7-12H2,1H3. The number of rotatable bonds is 4. The SMILES string of the molecule is CN1CCN(C(=O)CCCN2C(=O)CSc3ncccc32)CC1. The number of thioether (sulfide) groups is 1. The summed E-state index contributed by atoms with van der Waals surface area (Å²) in [6.07, 6.45) is 2.93. The van der Waals surface area contributed by atoms with E-state index in [-0.39, 0.29) is 11.8 Å². The van der Waals surface area contributed by atoms with E-state index in [2.05, 4.69) is 16.9 Å². The number of aromatic nitrogens is 1. The van der Waals surface area contributed by atoms with E-state index in [0.29, 0.717) is 25.1 Å². The molecule has 0 unspecified atom stereocenters. The molecule has 1 aromatic rings. The highest BCUT2D eigenvalue weighted by molar-refractivity contribution is 8.00. The number of nitrogens with zero attached hydrogens (tertiary/aromatic N) is 4. The van der Waals surface area contributed by atoms with Crippen LogP contribution in [0.4, 0.5) is 5.69 Å². The van der Waals surface area contributed by atoms with E-state index in [1.807, 2.05) is 17.0 Å². The lowest BCUT2D eigenvalue weighted by molar-refractivity contribution is -0.132. The average Bonchev–Trinajstić information content (AvgIpc) is 2.57. The highest BCUT2D eigenvalue weighted by Gasteiger charge is 2.25. The third kappa shape index (κ3) is 3.84. The number of hydrogen-bond donors (Lipinski definition) is 0. The number of piperazine rings is 1. The molecule has 6 nitrogen and oxygen atoms in total. The van der Waals surface area contributed by atoms with Crippen molar-refractivity contribution < 1.29 is 9.59 Å². The summed E-state index contributed by atoms with van der Waals surface area (Å²) in [5.74, 6) is 0.724. The molecule has 0 aliphatic carbocycles. The van der Waals surface area contributed by atoms with Crippen molar-refractivity contribution in [2.24, 2.45) is 0 Å². The summed E-state index contributed by atoms with van der Waals surface area (Å²) in [6.45, 7) is 4.07. The Morgan fingerprint density at radius 2 is 2.09 bits per heavy atom. The normalized spacial score (nSPS) is 18.9. The second-order valence-corrected chi connectivity index (χ2v) is 6.91. The summed E-state index contributed by atoms with van der Waals surface area (Å²) in [6, 6.07) is 3.77. The van der Waals surface area contributed by atoms with E-state index in [4.69, 9.17) is 0 Å². The number of hydrogen-bond acceptors (Lipinski definition) is 5. The second-order valence-electron chi connectivity index (χ2n) is 5.95. The molecule has 1 saturated heterocycles. The minimum Gasteiger partial charge on any atom is -0.340 e. The summed E-state index contributed by atoms with van der Waals surface area (Å²) >= 11 is 1.48. The van der Waals surface area contributed by atoms with Crippen molar-refractivity contribution in [1.29, 1.82) is 0 Å². The van der Waals surface area contributed by atoms with Gasteiger partial charge in [0.2, 0.25) is 11.8 Å². The van der Waals surface area contributed by atoms with Gasteiger partial charge in [-0.2, -0.15) is 0 Å². The molecule has 2 aliphatic heterocycles. The molecule has 0 atom stereocenters. The van der Waals surface area contributed by atoms with Gasteiger partial charge in [-0.15, -0.1) is 0 Å². The lowest BCUT2D eigenvalue weighted by Crippen LogP contribution is -2.47. The molecule has 0 bridgehead atoms. The van der Waals surface area contributed by atoms with Crippen molar-refractivity contribution >= 4 is 29.3 Å². The Morgan fingerprint density at radius 3 is 2.87 bits per heavy atom. The lowest BCUT2D eigenvalue weighted by Gasteiger charge is -2.33. The van der Waals surface area contributed by atoms with Crippen molar-refractivity contribution in [3.05, 3.63) is 18.3 Å². The van der Waals surface area contributed by atoms with E-state index >= 15 is 0 Å². The zero-order valence-electron chi connectivity index (χ0n) is 13.4. The van der Waals surface area contributed by atoms with E-state index in [1.165, 1.54) is 11.8 Å². The molecule has 1 aromatic heterocycles. The Bertz CT molecular complexity index is 587. The number of carbonyl (C=O) groups excluding carboxylic acids is 2. The Kier molecular flexibility index (Phi) is 5.17. The first kappa shape index (κ1) is 16.3. The first-order chi connectivity index (χ1) is 11.1. The molecule has 3 heterocycles. The molecule has 124 valence electrons. The van der Waals surface area contributed by atoms with Crippen molar-refractivity contribution in [3.8, 4) is 0 Å². The number of fused-ring (bicyclic) bond motifs is 1. The van der Waals surface area contributed by atoms with Crippen molar-refractivity contribution in [2.75, 3.05) is 50.4 Å². The van der Waals surface area contributed by atoms with E-state index in [9.17, 15) is 9.59 Å². The van der Waals surface area contributed by atoms with Gasteiger partial charge in [0.25, 0.3) is 0 Å². The van der Waals surface area contributed by atoms with Crippen molar-refractivity contribution in [2.45, 2.75) is 17.9 Å². The highest BCUT2D eigenvalue weighted by Crippen LogP contribution is 2.33. The maximum Gasteiger partial charge on any atom is 0.237 e. The van der Waals surface area contributed by atoms with E-state index < -0.39 is 0 Å². The summed E-state index contributed by atoms with van der Waals surface area (Å²) in [4.78, 5) is 34.7. The fourth-order valence-electron chi connectivity index (χ4n) is 2.89. The molecule has 3 rings (SSSR count). The van der Waals surface area contributed by atoms with Crippen LogP contribution in [0.2, 0.25) is 0 Å². The molecule has 2 amide bonds. The summed E-state index contributed by atoms with van der Waals surface area (Å²) in [5, 5.41) is 0.900. The van der Waals surface area contributed by atoms with Gasteiger partial charge in [0.1, 0.15) is 5.03 Å². The minimum absolute atomic E-state index is 0.0996.